The van der Waals surface area contributed by atoms with Gasteiger partial charge in [-0.2, -0.15) is 4.37 Å². The van der Waals surface area contributed by atoms with E-state index in [9.17, 15) is 0 Å². The van der Waals surface area contributed by atoms with E-state index in [4.69, 9.17) is 10.5 Å². The third-order valence-electron chi connectivity index (χ3n) is 3.61. The van der Waals surface area contributed by atoms with Crippen LogP contribution >= 0.6 is 11.5 Å². The van der Waals surface area contributed by atoms with Crippen LogP contribution in [0, 0.1) is 5.41 Å². The first-order valence-electron chi connectivity index (χ1n) is 6.18. The molecule has 1 heterocycles. The number of ether oxygens (including phenoxy) is 1. The molecule has 0 amide bonds. The van der Waals surface area contributed by atoms with Gasteiger partial charge in [-0.05, 0) is 29.8 Å². The van der Waals surface area contributed by atoms with Gasteiger partial charge in [0.1, 0.15) is 0 Å². The van der Waals surface area contributed by atoms with E-state index in [1.807, 2.05) is 0 Å². The maximum Gasteiger partial charge on any atom is 0.197 e. The third-order valence-corrected chi connectivity index (χ3v) is 4.41. The molecule has 1 aliphatic carbocycles. The number of methoxy groups -OCH3 is 1. The summed E-state index contributed by atoms with van der Waals surface area (Å²) in [5.41, 5.74) is 6.13. The minimum atomic E-state index is 0.405. The van der Waals surface area contributed by atoms with Crippen molar-refractivity contribution in [2.75, 3.05) is 24.7 Å². The molecule has 0 unspecified atom stereocenters. The molecule has 17 heavy (non-hydrogen) atoms. The van der Waals surface area contributed by atoms with E-state index in [0.717, 1.165) is 11.5 Å². The van der Waals surface area contributed by atoms with Crippen LogP contribution in [0.1, 0.15) is 39.0 Å². The van der Waals surface area contributed by atoms with E-state index >= 15 is 0 Å². The van der Waals surface area contributed by atoms with Crippen molar-refractivity contribution in [3.8, 4) is 5.75 Å². The van der Waals surface area contributed by atoms with Crippen LogP contribution in [0.25, 0.3) is 0 Å². The molecule has 0 radical (unpaired) electrons. The minimum absolute atomic E-state index is 0.405. The fraction of sp³-hybridized carbons (Fsp3) is 0.750. The number of anilines is 2. The van der Waals surface area contributed by atoms with Crippen LogP contribution < -0.4 is 15.8 Å². The molecule has 1 aromatic heterocycles. The van der Waals surface area contributed by atoms with Gasteiger partial charge in [0.2, 0.25) is 0 Å². The molecular weight excluding hydrogens is 234 g/mol. The predicted molar refractivity (Wildman–Crippen MR) is 72.8 cm³/mol. The maximum atomic E-state index is 5.73. The Morgan fingerprint density at radius 1 is 1.41 bits per heavy atom. The summed E-state index contributed by atoms with van der Waals surface area (Å²) in [4.78, 5) is 0. The van der Waals surface area contributed by atoms with E-state index in [1.54, 1.807) is 7.11 Å². The van der Waals surface area contributed by atoms with Crippen molar-refractivity contribution < 1.29 is 4.74 Å². The summed E-state index contributed by atoms with van der Waals surface area (Å²) >= 11 is 1.38. The summed E-state index contributed by atoms with van der Waals surface area (Å²) in [6.07, 6.45) is 6.68. The molecule has 0 atom stereocenters. The van der Waals surface area contributed by atoms with Crippen LogP contribution in [0.2, 0.25) is 0 Å². The van der Waals surface area contributed by atoms with Gasteiger partial charge in [-0.1, -0.05) is 26.2 Å². The molecule has 0 spiro atoms. The molecular formula is C12H21N3OS. The van der Waals surface area contributed by atoms with Crippen LogP contribution in [0.15, 0.2) is 0 Å². The number of nitrogens with one attached hydrogen (secondary N) is 1. The minimum Gasteiger partial charge on any atom is -0.490 e. The number of rotatable bonds is 4. The highest BCUT2D eigenvalue weighted by molar-refractivity contribution is 7.11. The molecule has 5 heteroatoms. The zero-order chi connectivity index (χ0) is 12.3. The summed E-state index contributed by atoms with van der Waals surface area (Å²) in [6.45, 7) is 3.33. The normalized spacial score (nSPS) is 18.9. The Hall–Kier alpha value is -0.970. The highest BCUT2D eigenvalue weighted by Gasteiger charge is 2.27. The number of hydrogen-bond acceptors (Lipinski definition) is 5. The molecule has 0 saturated heterocycles. The van der Waals surface area contributed by atoms with E-state index in [-0.39, 0.29) is 0 Å². The number of aromatic nitrogens is 1. The molecule has 1 aliphatic rings. The summed E-state index contributed by atoms with van der Waals surface area (Å²) in [7, 11) is 1.63. The van der Waals surface area contributed by atoms with Gasteiger partial charge >= 0.3 is 0 Å². The van der Waals surface area contributed by atoms with E-state index in [2.05, 4.69) is 16.6 Å². The van der Waals surface area contributed by atoms with Crippen molar-refractivity contribution >= 4 is 22.4 Å². The number of hydrogen-bond donors (Lipinski definition) is 2. The van der Waals surface area contributed by atoms with Gasteiger partial charge in [-0.25, -0.2) is 0 Å². The predicted octanol–water partition coefficient (Wildman–Crippen LogP) is 3.12. The lowest BCUT2D eigenvalue weighted by atomic mass is 9.76. The van der Waals surface area contributed by atoms with Crippen LogP contribution in [-0.4, -0.2) is 18.0 Å². The highest BCUT2D eigenvalue weighted by atomic mass is 32.1. The van der Waals surface area contributed by atoms with E-state index < -0.39 is 0 Å². The first-order chi connectivity index (χ1) is 8.14. The number of nitrogens with two attached hydrogens (primary N) is 1. The summed E-state index contributed by atoms with van der Waals surface area (Å²) in [5, 5.41) is 4.40. The second-order valence-electron chi connectivity index (χ2n) is 5.16. The van der Waals surface area contributed by atoms with Crippen molar-refractivity contribution in [3.63, 3.8) is 0 Å². The first-order valence-corrected chi connectivity index (χ1v) is 6.95. The maximum absolute atomic E-state index is 5.73. The summed E-state index contributed by atoms with van der Waals surface area (Å²) < 4.78 is 9.36. The monoisotopic (exact) mass is 255 g/mol. The van der Waals surface area contributed by atoms with Crippen molar-refractivity contribution in [1.82, 2.24) is 4.37 Å². The smallest absolute Gasteiger partial charge is 0.197 e. The molecule has 3 N–H and O–H groups in total. The van der Waals surface area contributed by atoms with Crippen LogP contribution in [0.4, 0.5) is 10.8 Å². The Morgan fingerprint density at radius 2 is 2.12 bits per heavy atom. The first kappa shape index (κ1) is 12.5. The largest absolute Gasteiger partial charge is 0.490 e. The molecule has 4 nitrogen and oxygen atoms in total. The Bertz CT molecular complexity index is 372. The molecule has 96 valence electrons. The van der Waals surface area contributed by atoms with Crippen molar-refractivity contribution in [2.24, 2.45) is 5.41 Å². The van der Waals surface area contributed by atoms with Crippen molar-refractivity contribution in [2.45, 2.75) is 39.0 Å². The number of nitrogen functional groups attached to an aromatic ring is 1. The second-order valence-corrected chi connectivity index (χ2v) is 5.93. The van der Waals surface area contributed by atoms with Gasteiger partial charge in [0.25, 0.3) is 0 Å². The quantitative estimate of drug-likeness (QED) is 0.868. The topological polar surface area (TPSA) is 60.2 Å². The zero-order valence-electron chi connectivity index (χ0n) is 10.6. The van der Waals surface area contributed by atoms with Crippen LogP contribution in [-0.2, 0) is 0 Å². The lowest BCUT2D eigenvalue weighted by Gasteiger charge is -2.33. The Morgan fingerprint density at radius 3 is 2.76 bits per heavy atom. The molecule has 1 aromatic rings. The highest BCUT2D eigenvalue weighted by Crippen LogP contribution is 2.39. The van der Waals surface area contributed by atoms with E-state index in [0.29, 0.717) is 17.0 Å². The SMILES string of the molecule is COc1c(N)nsc1NCC1(C)CCCCC1. The second kappa shape index (κ2) is 5.12. The van der Waals surface area contributed by atoms with E-state index in [1.165, 1.54) is 43.6 Å². The zero-order valence-corrected chi connectivity index (χ0v) is 11.4. The Kier molecular flexibility index (Phi) is 3.76. The van der Waals surface area contributed by atoms with Gasteiger partial charge in [0.15, 0.2) is 16.6 Å². The van der Waals surface area contributed by atoms with Crippen molar-refractivity contribution in [1.29, 1.82) is 0 Å². The molecule has 1 fully saturated rings. The molecule has 1 saturated carbocycles. The fourth-order valence-electron chi connectivity index (χ4n) is 2.48. The molecule has 0 aliphatic heterocycles. The molecule has 2 rings (SSSR count). The standard InChI is InChI=1S/C12H21N3OS/c1-12(6-4-3-5-7-12)8-14-11-9(16-2)10(13)15-17-11/h14H,3-8H2,1-2H3,(H2,13,15). The van der Waals surface area contributed by atoms with Crippen LogP contribution in [0.5, 0.6) is 5.75 Å². The van der Waals surface area contributed by atoms with Crippen molar-refractivity contribution in [3.05, 3.63) is 0 Å². The van der Waals surface area contributed by atoms with Gasteiger partial charge in [0, 0.05) is 6.54 Å². The lowest BCUT2D eigenvalue weighted by Crippen LogP contribution is -2.28. The van der Waals surface area contributed by atoms with Gasteiger partial charge in [-0.3, -0.25) is 0 Å². The average molecular weight is 255 g/mol. The Balaban J connectivity index is 1.96. The van der Waals surface area contributed by atoms with Crippen LogP contribution in [0.3, 0.4) is 0 Å². The Labute approximate surface area is 107 Å². The van der Waals surface area contributed by atoms with Gasteiger partial charge < -0.3 is 15.8 Å². The summed E-state index contributed by atoms with van der Waals surface area (Å²) in [5.74, 6) is 1.17. The van der Waals surface area contributed by atoms with Gasteiger partial charge in [-0.15, -0.1) is 0 Å². The average Bonchev–Trinajstić information content (AvgIpc) is 2.68. The molecule has 0 bridgehead atoms. The van der Waals surface area contributed by atoms with Gasteiger partial charge in [0.05, 0.1) is 7.11 Å². The molecule has 0 aromatic carbocycles. The fourth-order valence-corrected chi connectivity index (χ4v) is 3.16. The number of nitrogens with zero attached hydrogens (tertiary/aromatic N) is 1. The lowest BCUT2D eigenvalue weighted by molar-refractivity contribution is 0.233. The summed E-state index contributed by atoms with van der Waals surface area (Å²) in [6, 6.07) is 0. The third kappa shape index (κ3) is 2.83.